The highest BCUT2D eigenvalue weighted by Crippen LogP contribution is 2.54. The molecule has 1 aliphatic carbocycles. The molecule has 0 aliphatic heterocycles. The quantitative estimate of drug-likeness (QED) is 0.708. The molecular formula is C17H15Cl2N5O. The molecule has 1 amide bonds. The van der Waals surface area contributed by atoms with Crippen LogP contribution in [0.2, 0.25) is 10.3 Å². The Hall–Kier alpha value is -2.18. The van der Waals surface area contributed by atoms with Gasteiger partial charge in [0.2, 0.25) is 5.91 Å². The summed E-state index contributed by atoms with van der Waals surface area (Å²) in [7, 11) is 1.87. The van der Waals surface area contributed by atoms with Crippen LogP contribution in [-0.4, -0.2) is 25.7 Å². The first kappa shape index (κ1) is 16.3. The number of aryl methyl sites for hydroxylation is 1. The summed E-state index contributed by atoms with van der Waals surface area (Å²) in [5, 5.41) is 9.13. The molecule has 3 aromatic heterocycles. The maximum Gasteiger partial charge on any atom is 0.229 e. The van der Waals surface area contributed by atoms with Crippen molar-refractivity contribution in [3.8, 4) is 0 Å². The predicted octanol–water partition coefficient (Wildman–Crippen LogP) is 3.66. The van der Waals surface area contributed by atoms with Gasteiger partial charge in [-0.3, -0.25) is 9.48 Å². The zero-order valence-corrected chi connectivity index (χ0v) is 15.1. The molecule has 3 unspecified atom stereocenters. The van der Waals surface area contributed by atoms with Gasteiger partial charge < -0.3 is 5.32 Å². The number of fused-ring (bicyclic) bond motifs is 1. The van der Waals surface area contributed by atoms with E-state index in [0.717, 1.165) is 10.9 Å². The molecule has 1 saturated carbocycles. The number of halogens is 2. The number of hydrogen-bond acceptors (Lipinski definition) is 4. The van der Waals surface area contributed by atoms with Gasteiger partial charge in [-0.1, -0.05) is 30.1 Å². The summed E-state index contributed by atoms with van der Waals surface area (Å²) in [6.07, 6.45) is 5.37. The Labute approximate surface area is 154 Å². The topological polar surface area (TPSA) is 72.7 Å². The summed E-state index contributed by atoms with van der Waals surface area (Å²) in [4.78, 5) is 20.8. The molecular weight excluding hydrogens is 361 g/mol. The van der Waals surface area contributed by atoms with Crippen molar-refractivity contribution in [2.75, 3.05) is 5.32 Å². The second kappa shape index (κ2) is 5.97. The SMILES string of the molecule is CC1C(C(=O)Nc2cc3cc(Cl)nc(Cl)c3cn2)C1c1cnn(C)c1. The van der Waals surface area contributed by atoms with Crippen molar-refractivity contribution in [1.82, 2.24) is 19.7 Å². The van der Waals surface area contributed by atoms with Gasteiger partial charge in [-0.15, -0.1) is 0 Å². The summed E-state index contributed by atoms with van der Waals surface area (Å²) in [5.74, 6) is 0.825. The van der Waals surface area contributed by atoms with E-state index in [4.69, 9.17) is 23.2 Å². The lowest BCUT2D eigenvalue weighted by Gasteiger charge is -2.06. The van der Waals surface area contributed by atoms with Crippen molar-refractivity contribution in [3.05, 3.63) is 46.6 Å². The number of hydrogen-bond donors (Lipinski definition) is 1. The van der Waals surface area contributed by atoms with E-state index in [1.807, 2.05) is 19.4 Å². The molecule has 1 fully saturated rings. The van der Waals surface area contributed by atoms with Crippen molar-refractivity contribution < 1.29 is 4.79 Å². The van der Waals surface area contributed by atoms with Gasteiger partial charge in [0.25, 0.3) is 0 Å². The highest BCUT2D eigenvalue weighted by molar-refractivity contribution is 6.36. The van der Waals surface area contributed by atoms with E-state index in [-0.39, 0.29) is 23.7 Å². The molecule has 8 heteroatoms. The van der Waals surface area contributed by atoms with Crippen molar-refractivity contribution in [2.45, 2.75) is 12.8 Å². The van der Waals surface area contributed by atoms with Crippen LogP contribution in [0.3, 0.4) is 0 Å². The molecule has 4 rings (SSSR count). The number of pyridine rings is 2. The number of rotatable bonds is 3. The average molecular weight is 376 g/mol. The molecule has 25 heavy (non-hydrogen) atoms. The van der Waals surface area contributed by atoms with Crippen LogP contribution in [0.5, 0.6) is 0 Å². The summed E-state index contributed by atoms with van der Waals surface area (Å²) in [5.41, 5.74) is 1.09. The number of anilines is 1. The van der Waals surface area contributed by atoms with E-state index in [2.05, 4.69) is 27.3 Å². The van der Waals surface area contributed by atoms with Gasteiger partial charge in [0.1, 0.15) is 16.1 Å². The highest BCUT2D eigenvalue weighted by Gasteiger charge is 2.52. The maximum absolute atomic E-state index is 12.6. The van der Waals surface area contributed by atoms with Crippen LogP contribution in [-0.2, 0) is 11.8 Å². The van der Waals surface area contributed by atoms with Crippen molar-refractivity contribution in [3.63, 3.8) is 0 Å². The molecule has 0 aromatic carbocycles. The fourth-order valence-corrected chi connectivity index (χ4v) is 3.84. The Morgan fingerprint density at radius 1 is 1.28 bits per heavy atom. The van der Waals surface area contributed by atoms with Crippen LogP contribution >= 0.6 is 23.2 Å². The van der Waals surface area contributed by atoms with Crippen LogP contribution in [0.25, 0.3) is 10.8 Å². The fourth-order valence-electron chi connectivity index (χ4n) is 3.34. The van der Waals surface area contributed by atoms with E-state index >= 15 is 0 Å². The van der Waals surface area contributed by atoms with Gasteiger partial charge in [0, 0.05) is 36.7 Å². The molecule has 0 saturated heterocycles. The molecule has 0 spiro atoms. The van der Waals surface area contributed by atoms with E-state index in [9.17, 15) is 4.79 Å². The predicted molar refractivity (Wildman–Crippen MR) is 96.8 cm³/mol. The Bertz CT molecular complexity index is 986. The average Bonchev–Trinajstić information content (AvgIpc) is 3.02. The van der Waals surface area contributed by atoms with Crippen LogP contribution in [0, 0.1) is 11.8 Å². The normalized spacial score (nSPS) is 22.2. The molecule has 3 aromatic rings. The number of nitrogens with zero attached hydrogens (tertiary/aromatic N) is 4. The number of carbonyl (C=O) groups excluding carboxylic acids is 1. The van der Waals surface area contributed by atoms with Crippen LogP contribution in [0.4, 0.5) is 5.82 Å². The Kier molecular flexibility index (Phi) is 3.89. The van der Waals surface area contributed by atoms with E-state index in [1.54, 1.807) is 23.0 Å². The van der Waals surface area contributed by atoms with E-state index < -0.39 is 0 Å². The first-order valence-electron chi connectivity index (χ1n) is 7.85. The van der Waals surface area contributed by atoms with Crippen molar-refractivity contribution in [2.24, 2.45) is 18.9 Å². The van der Waals surface area contributed by atoms with Gasteiger partial charge in [0.05, 0.1) is 6.20 Å². The van der Waals surface area contributed by atoms with Crippen LogP contribution in [0.15, 0.2) is 30.7 Å². The van der Waals surface area contributed by atoms with E-state index in [1.165, 1.54) is 0 Å². The third-order valence-electron chi connectivity index (χ3n) is 4.68. The third kappa shape index (κ3) is 2.96. The van der Waals surface area contributed by atoms with E-state index in [0.29, 0.717) is 21.5 Å². The minimum atomic E-state index is -0.0775. The smallest absolute Gasteiger partial charge is 0.229 e. The van der Waals surface area contributed by atoms with Crippen molar-refractivity contribution >= 4 is 45.7 Å². The van der Waals surface area contributed by atoms with Crippen LogP contribution in [0.1, 0.15) is 18.4 Å². The molecule has 0 radical (unpaired) electrons. The molecule has 0 bridgehead atoms. The Balaban J connectivity index is 1.54. The van der Waals surface area contributed by atoms with Gasteiger partial charge in [-0.2, -0.15) is 5.10 Å². The number of aromatic nitrogens is 4. The van der Waals surface area contributed by atoms with Gasteiger partial charge in [0.15, 0.2) is 0 Å². The largest absolute Gasteiger partial charge is 0.310 e. The lowest BCUT2D eigenvalue weighted by Crippen LogP contribution is -2.16. The Morgan fingerprint density at radius 2 is 2.08 bits per heavy atom. The number of nitrogens with one attached hydrogen (secondary N) is 1. The summed E-state index contributed by atoms with van der Waals surface area (Å²) in [6, 6.07) is 3.44. The van der Waals surface area contributed by atoms with Crippen molar-refractivity contribution in [1.29, 1.82) is 0 Å². The third-order valence-corrected chi connectivity index (χ3v) is 5.16. The Morgan fingerprint density at radius 3 is 2.80 bits per heavy atom. The molecule has 6 nitrogen and oxygen atoms in total. The number of amides is 1. The molecule has 128 valence electrons. The fraction of sp³-hybridized carbons (Fsp3) is 0.294. The first-order chi connectivity index (χ1) is 11.9. The number of carbonyl (C=O) groups is 1. The zero-order chi connectivity index (χ0) is 17.7. The van der Waals surface area contributed by atoms with Gasteiger partial charge >= 0.3 is 0 Å². The van der Waals surface area contributed by atoms with Gasteiger partial charge in [-0.05, 0) is 29.0 Å². The second-order valence-electron chi connectivity index (χ2n) is 6.37. The molecule has 1 aliphatic rings. The monoisotopic (exact) mass is 375 g/mol. The van der Waals surface area contributed by atoms with Gasteiger partial charge in [-0.25, -0.2) is 9.97 Å². The highest BCUT2D eigenvalue weighted by atomic mass is 35.5. The zero-order valence-electron chi connectivity index (χ0n) is 13.6. The molecule has 1 N–H and O–H groups in total. The standard InChI is InChI=1S/C17H15Cl2N5O/c1-8-14(10-5-21-24(2)7-10)15(8)17(25)23-13-4-9-3-12(18)22-16(19)11(9)6-20-13/h3-8,14-15H,1-2H3,(H,20,23,25). The minimum Gasteiger partial charge on any atom is -0.310 e. The lowest BCUT2D eigenvalue weighted by molar-refractivity contribution is -0.117. The molecule has 3 heterocycles. The van der Waals surface area contributed by atoms with Crippen LogP contribution < -0.4 is 5.32 Å². The summed E-state index contributed by atoms with van der Waals surface area (Å²) in [6.45, 7) is 2.07. The summed E-state index contributed by atoms with van der Waals surface area (Å²) < 4.78 is 1.75. The maximum atomic E-state index is 12.6. The second-order valence-corrected chi connectivity index (χ2v) is 7.12. The molecule has 3 atom stereocenters. The lowest BCUT2D eigenvalue weighted by atomic mass is 10.2. The minimum absolute atomic E-state index is 0.0422. The first-order valence-corrected chi connectivity index (χ1v) is 8.61. The summed E-state index contributed by atoms with van der Waals surface area (Å²) >= 11 is 12.0.